The van der Waals surface area contributed by atoms with E-state index in [1.54, 1.807) is 37.4 Å². The number of thioether (sulfide) groups is 1. The van der Waals surface area contributed by atoms with Crippen LogP contribution in [0.5, 0.6) is 0 Å². The molecule has 8 heteroatoms. The quantitative estimate of drug-likeness (QED) is 0.464. The summed E-state index contributed by atoms with van der Waals surface area (Å²) in [6.07, 6.45) is 2.42. The summed E-state index contributed by atoms with van der Waals surface area (Å²) in [5.74, 6) is 0.158. The monoisotopic (exact) mass is 493 g/mol. The highest BCUT2D eigenvalue weighted by Crippen LogP contribution is 2.26. The molecule has 0 radical (unpaired) electrons. The number of aryl methyl sites for hydroxylation is 2. The lowest BCUT2D eigenvalue weighted by Crippen LogP contribution is -2.53. The topological polar surface area (TPSA) is 87.7 Å². The zero-order valence-corrected chi connectivity index (χ0v) is 23.1. The number of carbonyl (C=O) groups excluding carboxylic acids is 3. The molecule has 0 fully saturated rings. The van der Waals surface area contributed by atoms with Crippen molar-refractivity contribution in [1.29, 1.82) is 0 Å². The molecule has 0 saturated heterocycles. The van der Waals surface area contributed by atoms with E-state index in [-0.39, 0.29) is 17.9 Å². The van der Waals surface area contributed by atoms with E-state index in [4.69, 9.17) is 4.74 Å². The maximum absolute atomic E-state index is 13.9. The standard InChI is InChI=1S/C26H43N3O4S/c1-10-12-29(24(31)21(11-13-34-9)28-25(32)33-26(6,7)8)22(23(30)27-17(2)3)20-15-18(4)14-19(5)16-20/h14-17,21-22H,10-13H2,1-9H3,(H,27,30)(H,28,32). The average molecular weight is 494 g/mol. The van der Waals surface area contributed by atoms with Gasteiger partial charge in [0.05, 0.1) is 0 Å². The van der Waals surface area contributed by atoms with Gasteiger partial charge in [-0.15, -0.1) is 0 Å². The van der Waals surface area contributed by atoms with Crippen molar-refractivity contribution >= 4 is 29.7 Å². The molecule has 0 aliphatic heterocycles. The summed E-state index contributed by atoms with van der Waals surface area (Å²) in [4.78, 5) is 41.4. The molecular weight excluding hydrogens is 450 g/mol. The Labute approximate surface area is 209 Å². The molecule has 0 heterocycles. The van der Waals surface area contributed by atoms with Crippen LogP contribution in [0, 0.1) is 13.8 Å². The van der Waals surface area contributed by atoms with Gasteiger partial charge in [0.25, 0.3) is 0 Å². The van der Waals surface area contributed by atoms with Crippen LogP contribution < -0.4 is 10.6 Å². The van der Waals surface area contributed by atoms with Crippen LogP contribution in [0.2, 0.25) is 0 Å². The molecule has 3 amide bonds. The summed E-state index contributed by atoms with van der Waals surface area (Å²) in [7, 11) is 0. The molecule has 7 nitrogen and oxygen atoms in total. The molecule has 0 aliphatic rings. The minimum absolute atomic E-state index is 0.0772. The Bertz CT molecular complexity index is 816. The maximum Gasteiger partial charge on any atom is 0.408 e. The predicted molar refractivity (Wildman–Crippen MR) is 140 cm³/mol. The van der Waals surface area contributed by atoms with Crippen molar-refractivity contribution < 1.29 is 19.1 Å². The normalized spacial score (nSPS) is 13.2. The van der Waals surface area contributed by atoms with Gasteiger partial charge < -0.3 is 20.3 Å². The number of benzene rings is 1. The summed E-state index contributed by atoms with van der Waals surface area (Å²) in [6.45, 7) is 15.4. The van der Waals surface area contributed by atoms with Gasteiger partial charge in [-0.1, -0.05) is 36.2 Å². The third kappa shape index (κ3) is 9.95. The van der Waals surface area contributed by atoms with E-state index in [1.807, 2.05) is 59.1 Å². The first-order valence-electron chi connectivity index (χ1n) is 12.0. The molecule has 0 bridgehead atoms. The van der Waals surface area contributed by atoms with Gasteiger partial charge in [-0.3, -0.25) is 9.59 Å². The number of ether oxygens (including phenoxy) is 1. The Morgan fingerprint density at radius 2 is 1.65 bits per heavy atom. The lowest BCUT2D eigenvalue weighted by molar-refractivity contribution is -0.142. The minimum atomic E-state index is -0.800. The lowest BCUT2D eigenvalue weighted by atomic mass is 9.98. The van der Waals surface area contributed by atoms with Crippen LogP contribution in [0.3, 0.4) is 0 Å². The largest absolute Gasteiger partial charge is 0.444 e. The molecule has 2 N–H and O–H groups in total. The molecule has 192 valence electrons. The number of nitrogens with one attached hydrogen (secondary N) is 2. The van der Waals surface area contributed by atoms with Crippen molar-refractivity contribution in [1.82, 2.24) is 15.5 Å². The molecule has 2 atom stereocenters. The molecule has 1 aromatic rings. The van der Waals surface area contributed by atoms with E-state index >= 15 is 0 Å². The third-order valence-corrected chi connectivity index (χ3v) is 5.54. The number of hydrogen-bond acceptors (Lipinski definition) is 5. The van der Waals surface area contributed by atoms with Crippen LogP contribution in [-0.4, -0.2) is 59.0 Å². The Hall–Kier alpha value is -2.22. The fraction of sp³-hybridized carbons (Fsp3) is 0.654. The van der Waals surface area contributed by atoms with Gasteiger partial charge in [-0.2, -0.15) is 11.8 Å². The van der Waals surface area contributed by atoms with E-state index in [1.165, 1.54) is 0 Å². The van der Waals surface area contributed by atoms with Gasteiger partial charge >= 0.3 is 6.09 Å². The molecular formula is C26H43N3O4S. The van der Waals surface area contributed by atoms with Crippen molar-refractivity contribution in [3.63, 3.8) is 0 Å². The third-order valence-electron chi connectivity index (χ3n) is 4.90. The van der Waals surface area contributed by atoms with Crippen molar-refractivity contribution in [2.24, 2.45) is 0 Å². The van der Waals surface area contributed by atoms with Gasteiger partial charge in [0.2, 0.25) is 11.8 Å². The minimum Gasteiger partial charge on any atom is -0.444 e. The number of alkyl carbamates (subject to hydrolysis) is 1. The van der Waals surface area contributed by atoms with E-state index in [2.05, 4.69) is 10.6 Å². The summed E-state index contributed by atoms with van der Waals surface area (Å²) in [5.41, 5.74) is 2.12. The second-order valence-electron chi connectivity index (χ2n) is 10.00. The van der Waals surface area contributed by atoms with E-state index in [9.17, 15) is 14.4 Å². The SMILES string of the molecule is CCCN(C(=O)C(CCSC)NC(=O)OC(C)(C)C)C(C(=O)NC(C)C)c1cc(C)cc(C)c1. The summed E-state index contributed by atoms with van der Waals surface area (Å²) in [5, 5.41) is 5.74. The van der Waals surface area contributed by atoms with Crippen LogP contribution >= 0.6 is 11.8 Å². The highest BCUT2D eigenvalue weighted by atomic mass is 32.2. The highest BCUT2D eigenvalue weighted by Gasteiger charge is 2.36. The number of hydrogen-bond donors (Lipinski definition) is 2. The molecule has 2 unspecified atom stereocenters. The highest BCUT2D eigenvalue weighted by molar-refractivity contribution is 7.98. The zero-order valence-electron chi connectivity index (χ0n) is 22.3. The molecule has 0 saturated carbocycles. The first-order valence-corrected chi connectivity index (χ1v) is 13.4. The van der Waals surface area contributed by atoms with E-state index < -0.39 is 23.8 Å². The molecule has 1 rings (SSSR count). The van der Waals surface area contributed by atoms with Crippen molar-refractivity contribution in [2.75, 3.05) is 18.6 Å². The molecule has 1 aromatic carbocycles. The summed E-state index contributed by atoms with van der Waals surface area (Å²) >= 11 is 1.59. The zero-order chi connectivity index (χ0) is 26.1. The van der Waals surface area contributed by atoms with Gasteiger partial charge in [-0.05, 0) is 78.9 Å². The van der Waals surface area contributed by atoms with Gasteiger partial charge in [-0.25, -0.2) is 4.79 Å². The van der Waals surface area contributed by atoms with Crippen LogP contribution in [0.1, 0.15) is 77.1 Å². The second-order valence-corrected chi connectivity index (χ2v) is 11.0. The molecule has 0 spiro atoms. The Balaban J connectivity index is 3.44. The molecule has 0 aliphatic carbocycles. The van der Waals surface area contributed by atoms with Gasteiger partial charge in [0.15, 0.2) is 0 Å². The fourth-order valence-electron chi connectivity index (χ4n) is 3.75. The second kappa shape index (κ2) is 13.6. The van der Waals surface area contributed by atoms with Gasteiger partial charge in [0.1, 0.15) is 17.7 Å². The molecule has 0 aromatic heterocycles. The summed E-state index contributed by atoms with van der Waals surface area (Å²) in [6, 6.07) is 4.27. The Morgan fingerprint density at radius 3 is 2.12 bits per heavy atom. The number of amides is 3. The van der Waals surface area contributed by atoms with Crippen molar-refractivity contribution in [3.8, 4) is 0 Å². The average Bonchev–Trinajstić information content (AvgIpc) is 2.67. The van der Waals surface area contributed by atoms with E-state index in [0.717, 1.165) is 16.7 Å². The Morgan fingerprint density at radius 1 is 1.06 bits per heavy atom. The van der Waals surface area contributed by atoms with Crippen LogP contribution in [0.25, 0.3) is 0 Å². The summed E-state index contributed by atoms with van der Waals surface area (Å²) < 4.78 is 5.41. The van der Waals surface area contributed by atoms with E-state index in [0.29, 0.717) is 25.1 Å². The lowest BCUT2D eigenvalue weighted by Gasteiger charge is -2.35. The first-order chi connectivity index (χ1) is 15.8. The predicted octanol–water partition coefficient (Wildman–Crippen LogP) is 4.75. The fourth-order valence-corrected chi connectivity index (χ4v) is 4.23. The van der Waals surface area contributed by atoms with Crippen LogP contribution in [0.15, 0.2) is 18.2 Å². The number of nitrogens with zero attached hydrogens (tertiary/aromatic N) is 1. The molecule has 34 heavy (non-hydrogen) atoms. The van der Waals surface area contributed by atoms with Crippen LogP contribution in [-0.2, 0) is 14.3 Å². The van der Waals surface area contributed by atoms with Gasteiger partial charge in [0, 0.05) is 12.6 Å². The van der Waals surface area contributed by atoms with Crippen molar-refractivity contribution in [3.05, 3.63) is 34.9 Å². The van der Waals surface area contributed by atoms with Crippen molar-refractivity contribution in [2.45, 2.75) is 92.0 Å². The smallest absolute Gasteiger partial charge is 0.408 e. The first kappa shape index (κ1) is 29.8. The Kier molecular flexibility index (Phi) is 11.9. The van der Waals surface area contributed by atoms with Crippen LogP contribution in [0.4, 0.5) is 4.79 Å². The number of rotatable bonds is 11. The maximum atomic E-state index is 13.9. The number of carbonyl (C=O) groups is 3.